The predicted octanol–water partition coefficient (Wildman–Crippen LogP) is 14.2. The number of hydrogen-bond donors (Lipinski definition) is 0. The summed E-state index contributed by atoms with van der Waals surface area (Å²) in [5, 5.41) is 9.60. The quantitative estimate of drug-likeness (QED) is 0.168. The Kier molecular flexibility index (Phi) is 7.17. The average molecular weight is 701 g/mol. The van der Waals surface area contributed by atoms with Gasteiger partial charge in [-0.15, -0.1) is 0 Å². The molecule has 0 bridgehead atoms. The molecule has 0 unspecified atom stereocenters. The van der Waals surface area contributed by atoms with Gasteiger partial charge in [0.2, 0.25) is 0 Å². The van der Waals surface area contributed by atoms with E-state index < -0.39 is 0 Å². The molecule has 0 saturated heterocycles. The van der Waals surface area contributed by atoms with Crippen molar-refractivity contribution in [3.05, 3.63) is 194 Å². The zero-order chi connectivity index (χ0) is 36.3. The molecule has 0 saturated carbocycles. The second-order valence-corrected chi connectivity index (χ2v) is 14.1. The molecular weight excluding hydrogens is 669 g/mol. The summed E-state index contributed by atoms with van der Waals surface area (Å²) in [6.45, 7) is 0. The van der Waals surface area contributed by atoms with Gasteiger partial charge < -0.3 is 4.42 Å². The standard InChI is InChI=1S/C52H32N2O/c1-3-14-33(15-4-1)35-18-13-19-37(30-35)52-53-46(34-16-5-2-6-17-34)32-47(54-52)43-28-29-49-51(44-24-11-12-25-48(44)55-49)50(43)36-26-27-42-40-22-8-7-20-38(40)39-21-9-10-23-41(39)45(42)31-36/h1-32H. The molecule has 11 aromatic rings. The van der Waals surface area contributed by atoms with Crippen molar-refractivity contribution < 1.29 is 4.42 Å². The van der Waals surface area contributed by atoms with Crippen LogP contribution < -0.4 is 0 Å². The number of nitrogens with zero attached hydrogens (tertiary/aromatic N) is 2. The normalized spacial score (nSPS) is 11.6. The molecule has 3 nitrogen and oxygen atoms in total. The largest absolute Gasteiger partial charge is 0.456 e. The highest BCUT2D eigenvalue weighted by Gasteiger charge is 2.21. The van der Waals surface area contributed by atoms with Crippen LogP contribution in [0.2, 0.25) is 0 Å². The first-order chi connectivity index (χ1) is 27.3. The number of aromatic nitrogens is 2. The van der Waals surface area contributed by atoms with Crippen molar-refractivity contribution in [3.8, 4) is 56.2 Å². The summed E-state index contributed by atoms with van der Waals surface area (Å²) >= 11 is 0. The first kappa shape index (κ1) is 31.2. The Morgan fingerprint density at radius 2 is 0.873 bits per heavy atom. The Balaban J connectivity index is 1.21. The van der Waals surface area contributed by atoms with Gasteiger partial charge in [-0.1, -0.05) is 158 Å². The molecule has 0 aliphatic rings. The average Bonchev–Trinajstić information content (AvgIpc) is 3.65. The lowest BCUT2D eigenvalue weighted by Gasteiger charge is -2.16. The zero-order valence-electron chi connectivity index (χ0n) is 29.8. The van der Waals surface area contributed by atoms with Gasteiger partial charge in [0.1, 0.15) is 11.2 Å². The van der Waals surface area contributed by atoms with E-state index >= 15 is 0 Å². The van der Waals surface area contributed by atoms with Gasteiger partial charge in [0.05, 0.1) is 11.4 Å². The van der Waals surface area contributed by atoms with Crippen molar-refractivity contribution in [1.29, 1.82) is 0 Å². The first-order valence-corrected chi connectivity index (χ1v) is 18.7. The number of fused-ring (bicyclic) bond motifs is 9. The van der Waals surface area contributed by atoms with Crippen molar-refractivity contribution in [2.24, 2.45) is 0 Å². The molecule has 0 N–H and O–H groups in total. The van der Waals surface area contributed by atoms with E-state index in [9.17, 15) is 0 Å². The van der Waals surface area contributed by atoms with Crippen LogP contribution in [0.3, 0.4) is 0 Å². The van der Waals surface area contributed by atoms with Gasteiger partial charge in [0, 0.05) is 33.0 Å². The second-order valence-electron chi connectivity index (χ2n) is 14.1. The first-order valence-electron chi connectivity index (χ1n) is 18.7. The van der Waals surface area contributed by atoms with E-state index in [1.165, 1.54) is 32.3 Å². The summed E-state index contributed by atoms with van der Waals surface area (Å²) in [6.07, 6.45) is 0. The van der Waals surface area contributed by atoms with Crippen LogP contribution in [-0.4, -0.2) is 9.97 Å². The van der Waals surface area contributed by atoms with Gasteiger partial charge in [0.15, 0.2) is 5.82 Å². The second kappa shape index (κ2) is 12.6. The van der Waals surface area contributed by atoms with E-state index in [1.54, 1.807) is 0 Å². The molecule has 11 rings (SSSR count). The number of furan rings is 1. The van der Waals surface area contributed by atoms with E-state index in [-0.39, 0.29) is 0 Å². The summed E-state index contributed by atoms with van der Waals surface area (Å²) in [4.78, 5) is 10.6. The number of para-hydroxylation sites is 1. The summed E-state index contributed by atoms with van der Waals surface area (Å²) in [6, 6.07) is 68.5. The molecule has 3 heteroatoms. The van der Waals surface area contributed by atoms with Crippen LogP contribution in [0.25, 0.3) is 110 Å². The highest BCUT2D eigenvalue weighted by atomic mass is 16.3. The van der Waals surface area contributed by atoms with Gasteiger partial charge in [0.25, 0.3) is 0 Å². The molecule has 0 atom stereocenters. The molecular formula is C52H32N2O. The lowest BCUT2D eigenvalue weighted by atomic mass is 9.88. The highest BCUT2D eigenvalue weighted by molar-refractivity contribution is 6.26. The minimum Gasteiger partial charge on any atom is -0.456 e. The number of hydrogen-bond acceptors (Lipinski definition) is 3. The van der Waals surface area contributed by atoms with Gasteiger partial charge in [-0.2, -0.15) is 0 Å². The lowest BCUT2D eigenvalue weighted by molar-refractivity contribution is 0.669. The number of benzene rings is 9. The van der Waals surface area contributed by atoms with Crippen molar-refractivity contribution in [1.82, 2.24) is 9.97 Å². The summed E-state index contributed by atoms with van der Waals surface area (Å²) in [5.74, 6) is 0.674. The molecule has 256 valence electrons. The van der Waals surface area contributed by atoms with E-state index in [0.717, 1.165) is 72.3 Å². The van der Waals surface area contributed by atoms with Gasteiger partial charge in [-0.3, -0.25) is 0 Å². The molecule has 0 fully saturated rings. The van der Waals surface area contributed by atoms with Gasteiger partial charge >= 0.3 is 0 Å². The van der Waals surface area contributed by atoms with E-state index in [4.69, 9.17) is 14.4 Å². The number of rotatable bonds is 5. The zero-order valence-corrected chi connectivity index (χ0v) is 29.8. The maximum absolute atomic E-state index is 6.53. The Hall–Kier alpha value is -7.36. The van der Waals surface area contributed by atoms with E-state index in [1.807, 2.05) is 18.2 Å². The van der Waals surface area contributed by atoms with Crippen molar-refractivity contribution >= 4 is 54.3 Å². The minimum atomic E-state index is 0.674. The summed E-state index contributed by atoms with van der Waals surface area (Å²) in [7, 11) is 0. The SMILES string of the molecule is c1ccc(-c2cccc(-c3nc(-c4ccccc4)cc(-c4ccc5oc6ccccc6c5c4-c4ccc5c6ccccc6c6ccccc6c5c4)n3)c2)cc1. The van der Waals surface area contributed by atoms with Crippen molar-refractivity contribution in [3.63, 3.8) is 0 Å². The molecule has 0 spiro atoms. The van der Waals surface area contributed by atoms with Crippen LogP contribution in [0.15, 0.2) is 199 Å². The van der Waals surface area contributed by atoms with E-state index in [2.05, 4.69) is 176 Å². The molecule has 0 aliphatic carbocycles. The van der Waals surface area contributed by atoms with Crippen LogP contribution in [0.1, 0.15) is 0 Å². The summed E-state index contributed by atoms with van der Waals surface area (Å²) in [5.41, 5.74) is 10.9. The molecule has 55 heavy (non-hydrogen) atoms. The van der Waals surface area contributed by atoms with Crippen molar-refractivity contribution in [2.75, 3.05) is 0 Å². The fourth-order valence-corrected chi connectivity index (χ4v) is 8.33. The third-order valence-corrected chi connectivity index (χ3v) is 10.9. The maximum atomic E-state index is 6.53. The predicted molar refractivity (Wildman–Crippen MR) is 229 cm³/mol. The molecule has 9 aromatic carbocycles. The highest BCUT2D eigenvalue weighted by Crippen LogP contribution is 2.45. The monoisotopic (exact) mass is 700 g/mol. The Morgan fingerprint density at radius 3 is 1.60 bits per heavy atom. The summed E-state index contributed by atoms with van der Waals surface area (Å²) < 4.78 is 6.53. The fraction of sp³-hybridized carbons (Fsp3) is 0. The Morgan fingerprint density at radius 1 is 0.309 bits per heavy atom. The van der Waals surface area contributed by atoms with Gasteiger partial charge in [-0.25, -0.2) is 9.97 Å². The smallest absolute Gasteiger partial charge is 0.160 e. The van der Waals surface area contributed by atoms with Crippen LogP contribution in [0.4, 0.5) is 0 Å². The van der Waals surface area contributed by atoms with Gasteiger partial charge in [-0.05, 0) is 85.4 Å². The molecule has 2 aromatic heterocycles. The molecule has 2 heterocycles. The molecule has 0 aliphatic heterocycles. The molecule has 0 radical (unpaired) electrons. The maximum Gasteiger partial charge on any atom is 0.160 e. The minimum absolute atomic E-state index is 0.674. The lowest BCUT2D eigenvalue weighted by Crippen LogP contribution is -1.97. The van der Waals surface area contributed by atoms with Crippen molar-refractivity contribution in [2.45, 2.75) is 0 Å². The topological polar surface area (TPSA) is 38.9 Å². The Bertz CT molecular complexity index is 3220. The van der Waals surface area contributed by atoms with E-state index in [0.29, 0.717) is 5.82 Å². The fourth-order valence-electron chi connectivity index (χ4n) is 8.33. The van der Waals surface area contributed by atoms with Crippen LogP contribution in [0.5, 0.6) is 0 Å². The molecule has 0 amide bonds. The Labute approximate surface area is 317 Å². The third kappa shape index (κ3) is 5.20. The van der Waals surface area contributed by atoms with Crippen LogP contribution in [0, 0.1) is 0 Å². The van der Waals surface area contributed by atoms with Crippen LogP contribution in [-0.2, 0) is 0 Å². The third-order valence-electron chi connectivity index (χ3n) is 10.9. The van der Waals surface area contributed by atoms with Crippen LogP contribution >= 0.6 is 0 Å².